The Labute approximate surface area is 92.3 Å². The number of nitrogens with one attached hydrogen (secondary N) is 1. The SMILES string of the molecule is CCCNCCN(C)Cc1cnn(C)c1. The Morgan fingerprint density at radius 1 is 1.47 bits per heavy atom. The molecular weight excluding hydrogens is 188 g/mol. The van der Waals surface area contributed by atoms with E-state index in [1.807, 2.05) is 17.9 Å². The van der Waals surface area contributed by atoms with Crippen molar-refractivity contribution in [2.45, 2.75) is 19.9 Å². The molecule has 0 bridgehead atoms. The molecule has 0 fully saturated rings. The number of aromatic nitrogens is 2. The van der Waals surface area contributed by atoms with E-state index in [0.717, 1.165) is 26.2 Å². The van der Waals surface area contributed by atoms with Crippen molar-refractivity contribution in [3.05, 3.63) is 18.0 Å². The van der Waals surface area contributed by atoms with E-state index in [1.54, 1.807) is 0 Å². The molecule has 86 valence electrons. The summed E-state index contributed by atoms with van der Waals surface area (Å²) in [6, 6.07) is 0. The van der Waals surface area contributed by atoms with E-state index < -0.39 is 0 Å². The summed E-state index contributed by atoms with van der Waals surface area (Å²) in [7, 11) is 4.09. The molecule has 0 saturated heterocycles. The van der Waals surface area contributed by atoms with Crippen molar-refractivity contribution in [1.82, 2.24) is 20.0 Å². The third kappa shape index (κ3) is 4.95. The van der Waals surface area contributed by atoms with Crippen LogP contribution in [0.4, 0.5) is 0 Å². The number of likely N-dealkylation sites (N-methyl/N-ethyl adjacent to an activating group) is 1. The van der Waals surface area contributed by atoms with Crippen LogP contribution >= 0.6 is 0 Å². The smallest absolute Gasteiger partial charge is 0.0534 e. The largest absolute Gasteiger partial charge is 0.315 e. The van der Waals surface area contributed by atoms with Crippen molar-refractivity contribution >= 4 is 0 Å². The van der Waals surface area contributed by atoms with Crippen molar-refractivity contribution in [2.24, 2.45) is 7.05 Å². The summed E-state index contributed by atoms with van der Waals surface area (Å²) in [5, 5.41) is 7.55. The average Bonchev–Trinajstić information content (AvgIpc) is 2.59. The van der Waals surface area contributed by atoms with Crippen molar-refractivity contribution in [1.29, 1.82) is 0 Å². The van der Waals surface area contributed by atoms with Gasteiger partial charge < -0.3 is 10.2 Å². The zero-order valence-corrected chi connectivity index (χ0v) is 10.0. The molecule has 0 radical (unpaired) electrons. The first-order chi connectivity index (χ1) is 7.22. The number of hydrogen-bond donors (Lipinski definition) is 1. The van der Waals surface area contributed by atoms with Crippen molar-refractivity contribution in [3.8, 4) is 0 Å². The van der Waals surface area contributed by atoms with Gasteiger partial charge in [0.1, 0.15) is 0 Å². The van der Waals surface area contributed by atoms with E-state index in [4.69, 9.17) is 0 Å². The van der Waals surface area contributed by atoms with Gasteiger partial charge in [-0.15, -0.1) is 0 Å². The number of aryl methyl sites for hydroxylation is 1. The van der Waals surface area contributed by atoms with Gasteiger partial charge in [-0.2, -0.15) is 5.10 Å². The fraction of sp³-hybridized carbons (Fsp3) is 0.727. The molecule has 1 N–H and O–H groups in total. The van der Waals surface area contributed by atoms with E-state index in [2.05, 4.69) is 35.5 Å². The molecule has 0 aliphatic heterocycles. The van der Waals surface area contributed by atoms with Crippen LogP contribution in [0.1, 0.15) is 18.9 Å². The Bertz CT molecular complexity index is 269. The highest BCUT2D eigenvalue weighted by Gasteiger charge is 2.01. The van der Waals surface area contributed by atoms with E-state index in [-0.39, 0.29) is 0 Å². The van der Waals surface area contributed by atoms with Gasteiger partial charge >= 0.3 is 0 Å². The van der Waals surface area contributed by atoms with Crippen LogP contribution in [0.5, 0.6) is 0 Å². The minimum Gasteiger partial charge on any atom is -0.315 e. The van der Waals surface area contributed by atoms with Gasteiger partial charge in [0.05, 0.1) is 6.20 Å². The molecule has 0 aliphatic rings. The predicted octanol–water partition coefficient (Wildman–Crippen LogP) is 0.851. The normalized spacial score (nSPS) is 11.2. The molecule has 1 rings (SSSR count). The van der Waals surface area contributed by atoms with Gasteiger partial charge in [-0.3, -0.25) is 4.68 Å². The number of rotatable bonds is 7. The standard InChI is InChI=1S/C11H22N4/c1-4-5-12-6-7-14(2)9-11-8-13-15(3)10-11/h8,10,12H,4-7,9H2,1-3H3. The Morgan fingerprint density at radius 2 is 2.27 bits per heavy atom. The Kier molecular flexibility index (Phi) is 5.36. The number of hydrogen-bond acceptors (Lipinski definition) is 3. The van der Waals surface area contributed by atoms with E-state index in [9.17, 15) is 0 Å². The molecule has 4 nitrogen and oxygen atoms in total. The predicted molar refractivity (Wildman–Crippen MR) is 62.7 cm³/mol. The molecule has 1 heterocycles. The Morgan fingerprint density at radius 3 is 2.87 bits per heavy atom. The molecule has 15 heavy (non-hydrogen) atoms. The lowest BCUT2D eigenvalue weighted by Gasteiger charge is -2.15. The summed E-state index contributed by atoms with van der Waals surface area (Å²) < 4.78 is 1.85. The van der Waals surface area contributed by atoms with Gasteiger partial charge in [-0.05, 0) is 20.0 Å². The van der Waals surface area contributed by atoms with Crippen LogP contribution in [0.15, 0.2) is 12.4 Å². The van der Waals surface area contributed by atoms with Gasteiger partial charge in [0, 0.05) is 38.4 Å². The Balaban J connectivity index is 2.15. The number of nitrogens with zero attached hydrogens (tertiary/aromatic N) is 3. The first-order valence-corrected chi connectivity index (χ1v) is 5.59. The molecule has 4 heteroatoms. The summed E-state index contributed by atoms with van der Waals surface area (Å²) in [4.78, 5) is 2.31. The molecular formula is C11H22N4. The van der Waals surface area contributed by atoms with Gasteiger partial charge in [0.2, 0.25) is 0 Å². The van der Waals surface area contributed by atoms with Crippen LogP contribution in [0.25, 0.3) is 0 Å². The van der Waals surface area contributed by atoms with Crippen molar-refractivity contribution in [2.75, 3.05) is 26.7 Å². The highest BCUT2D eigenvalue weighted by molar-refractivity contribution is 5.02. The third-order valence-electron chi connectivity index (χ3n) is 2.31. The Hall–Kier alpha value is -0.870. The molecule has 1 aromatic heterocycles. The summed E-state index contributed by atoms with van der Waals surface area (Å²) in [6.07, 6.45) is 5.19. The van der Waals surface area contributed by atoms with Crippen LogP contribution in [-0.2, 0) is 13.6 Å². The van der Waals surface area contributed by atoms with E-state index >= 15 is 0 Å². The lowest BCUT2D eigenvalue weighted by molar-refractivity contribution is 0.324. The molecule has 0 amide bonds. The van der Waals surface area contributed by atoms with E-state index in [0.29, 0.717) is 0 Å². The molecule has 0 saturated carbocycles. The zero-order valence-electron chi connectivity index (χ0n) is 10.0. The summed E-state index contributed by atoms with van der Waals surface area (Å²) in [5.74, 6) is 0. The first-order valence-electron chi connectivity index (χ1n) is 5.59. The van der Waals surface area contributed by atoms with Gasteiger partial charge in [-0.25, -0.2) is 0 Å². The highest BCUT2D eigenvalue weighted by Crippen LogP contribution is 1.99. The lowest BCUT2D eigenvalue weighted by Crippen LogP contribution is -2.29. The summed E-state index contributed by atoms with van der Waals surface area (Å²) in [6.45, 7) is 6.41. The van der Waals surface area contributed by atoms with Crippen molar-refractivity contribution < 1.29 is 0 Å². The van der Waals surface area contributed by atoms with Crippen LogP contribution in [-0.4, -0.2) is 41.4 Å². The second-order valence-corrected chi connectivity index (χ2v) is 4.01. The maximum absolute atomic E-state index is 4.15. The highest BCUT2D eigenvalue weighted by atomic mass is 15.2. The fourth-order valence-electron chi connectivity index (χ4n) is 1.52. The first kappa shape index (κ1) is 12.2. The fourth-order valence-corrected chi connectivity index (χ4v) is 1.52. The molecule has 0 aromatic carbocycles. The molecule has 0 atom stereocenters. The van der Waals surface area contributed by atoms with Crippen LogP contribution in [0.2, 0.25) is 0 Å². The van der Waals surface area contributed by atoms with Crippen LogP contribution < -0.4 is 5.32 Å². The minimum absolute atomic E-state index is 0.974. The second-order valence-electron chi connectivity index (χ2n) is 4.01. The maximum atomic E-state index is 4.15. The van der Waals surface area contributed by atoms with E-state index in [1.165, 1.54) is 12.0 Å². The molecule has 0 unspecified atom stereocenters. The third-order valence-corrected chi connectivity index (χ3v) is 2.31. The molecule has 0 aliphatic carbocycles. The van der Waals surface area contributed by atoms with Crippen LogP contribution in [0.3, 0.4) is 0 Å². The van der Waals surface area contributed by atoms with Gasteiger partial charge in [-0.1, -0.05) is 6.92 Å². The van der Waals surface area contributed by atoms with Gasteiger partial charge in [0.15, 0.2) is 0 Å². The molecule has 1 aromatic rings. The quantitative estimate of drug-likeness (QED) is 0.677. The van der Waals surface area contributed by atoms with Crippen molar-refractivity contribution in [3.63, 3.8) is 0 Å². The maximum Gasteiger partial charge on any atom is 0.0534 e. The minimum atomic E-state index is 0.974. The lowest BCUT2D eigenvalue weighted by atomic mass is 10.3. The second kappa shape index (κ2) is 6.58. The molecule has 0 spiro atoms. The van der Waals surface area contributed by atoms with Crippen LogP contribution in [0, 0.1) is 0 Å². The zero-order chi connectivity index (χ0) is 11.1. The summed E-state index contributed by atoms with van der Waals surface area (Å²) in [5.41, 5.74) is 1.27. The van der Waals surface area contributed by atoms with Gasteiger partial charge in [0.25, 0.3) is 0 Å². The monoisotopic (exact) mass is 210 g/mol. The topological polar surface area (TPSA) is 33.1 Å². The average molecular weight is 210 g/mol. The summed E-state index contributed by atoms with van der Waals surface area (Å²) >= 11 is 0.